The van der Waals surface area contributed by atoms with Gasteiger partial charge in [0.25, 0.3) is 0 Å². The van der Waals surface area contributed by atoms with Crippen molar-refractivity contribution in [3.05, 3.63) is 30.1 Å². The lowest BCUT2D eigenvalue weighted by Gasteiger charge is -2.48. The third-order valence-corrected chi connectivity index (χ3v) is 12.1. The van der Waals surface area contributed by atoms with Crippen LogP contribution in [0.5, 0.6) is 0 Å². The SMILES string of the molecule is CC[C@H]1OC(=O)[C@H](C)[C@H]2OC/C(=N/OCc3ccccn3)CO[C@](C)(C[C@@H](C)C(=O)[C@H](C)[C@@H]3CC(=O)O[C@]13C)[C@H](O[C@@H]1O[C@H](C)C[C@H](N(C)C)[C@H]1O)[C@@H]2C. The number of Topliss-reactive ketones (excluding diaryl/α,β-unsaturated/α-hetero) is 1. The fraction of sp³-hybridized carbons (Fsp3) is 0.775. The molecule has 0 amide bonds. The van der Waals surface area contributed by atoms with Gasteiger partial charge in [-0.05, 0) is 73.2 Å². The van der Waals surface area contributed by atoms with E-state index >= 15 is 0 Å². The maximum atomic E-state index is 14.5. The van der Waals surface area contributed by atoms with Crippen molar-refractivity contribution < 1.29 is 52.7 Å². The van der Waals surface area contributed by atoms with Crippen LogP contribution in [0, 0.1) is 29.6 Å². The van der Waals surface area contributed by atoms with Crippen molar-refractivity contribution in [3.8, 4) is 0 Å². The van der Waals surface area contributed by atoms with Gasteiger partial charge in [0.05, 0.1) is 55.2 Å². The van der Waals surface area contributed by atoms with E-state index in [0.29, 0.717) is 24.2 Å². The second-order valence-corrected chi connectivity index (χ2v) is 16.5. The van der Waals surface area contributed by atoms with Gasteiger partial charge in [-0.3, -0.25) is 19.4 Å². The number of ketones is 1. The van der Waals surface area contributed by atoms with E-state index in [2.05, 4.69) is 10.1 Å². The summed E-state index contributed by atoms with van der Waals surface area (Å²) in [6, 6.07) is 5.26. The van der Waals surface area contributed by atoms with Crippen LogP contribution in [0.4, 0.5) is 0 Å². The van der Waals surface area contributed by atoms with Crippen LogP contribution in [0.1, 0.15) is 86.8 Å². The summed E-state index contributed by atoms with van der Waals surface area (Å²) in [6.45, 7) is 14.8. The minimum Gasteiger partial charge on any atom is -0.458 e. The highest BCUT2D eigenvalue weighted by Crippen LogP contribution is 2.46. The van der Waals surface area contributed by atoms with Gasteiger partial charge in [0.1, 0.15) is 29.3 Å². The molecule has 4 fully saturated rings. The van der Waals surface area contributed by atoms with Crippen LogP contribution in [-0.4, -0.2) is 120 Å². The van der Waals surface area contributed by atoms with Crippen molar-refractivity contribution in [2.75, 3.05) is 27.3 Å². The van der Waals surface area contributed by atoms with Crippen LogP contribution in [0.25, 0.3) is 0 Å². The number of oxime groups is 1. The summed E-state index contributed by atoms with van der Waals surface area (Å²) in [7, 11) is 3.81. The lowest BCUT2D eigenvalue weighted by atomic mass is 9.70. The minimum absolute atomic E-state index is 0.0302. The number of nitrogens with zero attached hydrogens (tertiary/aromatic N) is 3. The Morgan fingerprint density at radius 2 is 1.80 bits per heavy atom. The summed E-state index contributed by atoms with van der Waals surface area (Å²) in [5, 5.41) is 16.0. The standard InChI is InChI=1S/C40H61N3O11/c1-11-31-40(8)29(17-32(44)54-40)24(4)33(45)22(2)18-39(7)36(53-38-34(46)30(43(9)10)16-23(3)51-38)25(5)35(26(6)37(47)52-31)48-19-28(20-49-39)42-50-21-27-14-12-13-15-41-27/h12-15,22-26,29-31,34-36,38,46H,11,16-21H2,1-10H3/b42-28-/t22-,23-,24-,25-,26-,29+,30+,31-,34-,35+,36-,38+,39-,40+/m1/s1. The molecule has 14 nitrogen and oxygen atoms in total. The predicted octanol–water partition coefficient (Wildman–Crippen LogP) is 4.10. The van der Waals surface area contributed by atoms with Crippen LogP contribution in [0.15, 0.2) is 29.6 Å². The molecule has 302 valence electrons. The number of carbonyl (C=O) groups is 3. The number of esters is 2. The topological polar surface area (TPSA) is 165 Å². The smallest absolute Gasteiger partial charge is 0.311 e. The van der Waals surface area contributed by atoms with Gasteiger partial charge in [0, 0.05) is 35.9 Å². The van der Waals surface area contributed by atoms with Crippen LogP contribution in [0.2, 0.25) is 0 Å². The van der Waals surface area contributed by atoms with E-state index in [9.17, 15) is 19.5 Å². The van der Waals surface area contributed by atoms with E-state index in [1.807, 2.05) is 78.7 Å². The first kappa shape index (κ1) is 42.1. The Bertz CT molecular complexity index is 1490. The summed E-state index contributed by atoms with van der Waals surface area (Å²) in [5.74, 6) is -4.19. The van der Waals surface area contributed by atoms with Gasteiger partial charge < -0.3 is 43.3 Å². The summed E-state index contributed by atoms with van der Waals surface area (Å²) in [5.41, 5.74) is -1.32. The van der Waals surface area contributed by atoms with Gasteiger partial charge in [-0.15, -0.1) is 0 Å². The molecule has 0 aromatic carbocycles. The van der Waals surface area contributed by atoms with Crippen molar-refractivity contribution in [3.63, 3.8) is 0 Å². The van der Waals surface area contributed by atoms with Crippen molar-refractivity contribution in [2.45, 2.75) is 142 Å². The summed E-state index contributed by atoms with van der Waals surface area (Å²) in [6.07, 6.45) is -1.92. The first-order chi connectivity index (χ1) is 25.5. The number of ether oxygens (including phenoxy) is 6. The Hall–Kier alpha value is -3.01. The molecule has 14 atom stereocenters. The molecule has 4 aliphatic rings. The van der Waals surface area contributed by atoms with Crippen LogP contribution in [-0.2, 0) is 54.2 Å². The molecule has 14 heteroatoms. The number of aliphatic hydroxyl groups is 1. The maximum absolute atomic E-state index is 14.5. The summed E-state index contributed by atoms with van der Waals surface area (Å²) < 4.78 is 38.8. The van der Waals surface area contributed by atoms with E-state index in [1.165, 1.54) is 0 Å². The molecule has 0 aliphatic carbocycles. The van der Waals surface area contributed by atoms with E-state index in [-0.39, 0.29) is 50.6 Å². The molecule has 5 rings (SSSR count). The number of rotatable bonds is 7. The summed E-state index contributed by atoms with van der Waals surface area (Å²) >= 11 is 0. The molecule has 0 spiro atoms. The third kappa shape index (κ3) is 9.00. The van der Waals surface area contributed by atoms with Gasteiger partial charge in [-0.1, -0.05) is 38.9 Å². The Morgan fingerprint density at radius 3 is 2.46 bits per heavy atom. The van der Waals surface area contributed by atoms with Gasteiger partial charge in [-0.25, -0.2) is 0 Å². The molecule has 1 N–H and O–H groups in total. The number of pyridine rings is 1. The van der Waals surface area contributed by atoms with Crippen molar-refractivity contribution in [1.82, 2.24) is 9.88 Å². The Kier molecular flexibility index (Phi) is 13.6. The van der Waals surface area contributed by atoms with Crippen LogP contribution < -0.4 is 0 Å². The average molecular weight is 760 g/mol. The second-order valence-electron chi connectivity index (χ2n) is 16.5. The second kappa shape index (κ2) is 17.4. The molecule has 2 bridgehead atoms. The highest BCUT2D eigenvalue weighted by Gasteiger charge is 2.57. The number of likely N-dealkylation sites (N-methyl/N-ethyl adjacent to an activating group) is 1. The molecular weight excluding hydrogens is 698 g/mol. The minimum atomic E-state index is -1.22. The van der Waals surface area contributed by atoms with Gasteiger partial charge >= 0.3 is 11.9 Å². The predicted molar refractivity (Wildman–Crippen MR) is 197 cm³/mol. The zero-order valence-electron chi connectivity index (χ0n) is 33.6. The molecule has 0 unspecified atom stereocenters. The monoisotopic (exact) mass is 759 g/mol. The lowest BCUT2D eigenvalue weighted by molar-refractivity contribution is -0.302. The number of fused-ring (bicyclic) bond motifs is 4. The number of hydrogen-bond acceptors (Lipinski definition) is 14. The Labute approximate surface area is 319 Å². The van der Waals surface area contributed by atoms with Gasteiger partial charge in [0.2, 0.25) is 0 Å². The average Bonchev–Trinajstić information content (AvgIpc) is 3.46. The quantitative estimate of drug-likeness (QED) is 0.313. The van der Waals surface area contributed by atoms with Crippen molar-refractivity contribution >= 4 is 23.4 Å². The Balaban J connectivity index is 1.60. The molecule has 54 heavy (non-hydrogen) atoms. The number of cyclic esters (lactones) is 1. The Morgan fingerprint density at radius 1 is 1.06 bits per heavy atom. The maximum Gasteiger partial charge on any atom is 0.311 e. The molecule has 0 saturated carbocycles. The highest BCUT2D eigenvalue weighted by atomic mass is 16.7. The first-order valence-corrected chi connectivity index (χ1v) is 19.4. The van der Waals surface area contributed by atoms with Crippen molar-refractivity contribution in [1.29, 1.82) is 0 Å². The summed E-state index contributed by atoms with van der Waals surface area (Å²) in [4.78, 5) is 53.6. The van der Waals surface area contributed by atoms with Crippen LogP contribution in [0.3, 0.4) is 0 Å². The molecule has 1 aromatic heterocycles. The van der Waals surface area contributed by atoms with Gasteiger partial charge in [-0.2, -0.15) is 0 Å². The van der Waals surface area contributed by atoms with E-state index < -0.39 is 83.4 Å². The third-order valence-electron chi connectivity index (χ3n) is 12.1. The molecule has 1 aromatic rings. The lowest BCUT2D eigenvalue weighted by Crippen LogP contribution is -2.60. The molecule has 0 radical (unpaired) electrons. The number of hydrogen-bond donors (Lipinski definition) is 1. The fourth-order valence-electron chi connectivity index (χ4n) is 9.08. The zero-order valence-corrected chi connectivity index (χ0v) is 33.6. The first-order valence-electron chi connectivity index (χ1n) is 19.4. The molecular formula is C40H61N3O11. The number of carbonyl (C=O) groups excluding carboxylic acids is 3. The van der Waals surface area contributed by atoms with Gasteiger partial charge in [0.15, 0.2) is 12.9 Å². The number of aliphatic hydroxyl groups excluding tert-OH is 1. The fourth-order valence-corrected chi connectivity index (χ4v) is 9.08. The van der Waals surface area contributed by atoms with Crippen molar-refractivity contribution in [2.24, 2.45) is 34.7 Å². The van der Waals surface area contributed by atoms with E-state index in [0.717, 1.165) is 0 Å². The normalized spacial score (nSPS) is 42.0. The van der Waals surface area contributed by atoms with Crippen LogP contribution >= 0.6 is 0 Å². The van der Waals surface area contributed by atoms with E-state index in [4.69, 9.17) is 33.3 Å². The molecule has 4 aliphatic heterocycles. The highest BCUT2D eigenvalue weighted by molar-refractivity contribution is 5.87. The number of aromatic nitrogens is 1. The van der Waals surface area contributed by atoms with E-state index in [1.54, 1.807) is 20.0 Å². The molecule has 5 heterocycles. The largest absolute Gasteiger partial charge is 0.458 e. The zero-order chi connectivity index (χ0) is 39.5. The molecule has 4 saturated heterocycles.